The number of hydrogen-bond acceptors (Lipinski definition) is 3. The van der Waals surface area contributed by atoms with Gasteiger partial charge in [-0.2, -0.15) is 39.5 Å². The molecule has 2 aromatic rings. The smallest absolute Gasteiger partial charge is 0.399 e. The zero-order valence-electron chi connectivity index (χ0n) is 16.8. The first-order chi connectivity index (χ1) is 14.9. The number of nitrogens with two attached hydrogens (primary N) is 1. The molecular weight excluding hydrogens is 472 g/mol. The molecule has 2 aromatic carbocycles. The number of halogens is 10. The molecule has 0 aromatic heterocycles. The van der Waals surface area contributed by atoms with Crippen LogP contribution < -0.4 is 10.6 Å². The van der Waals surface area contributed by atoms with Crippen molar-refractivity contribution in [1.82, 2.24) is 0 Å². The molecule has 0 amide bonds. The van der Waals surface area contributed by atoms with E-state index in [0.29, 0.717) is 22.2 Å². The van der Waals surface area contributed by atoms with Crippen molar-refractivity contribution in [2.45, 2.75) is 37.7 Å². The van der Waals surface area contributed by atoms with Gasteiger partial charge in [-0.05, 0) is 43.0 Å². The van der Waals surface area contributed by atoms with Crippen LogP contribution in [-0.2, 0) is 12.2 Å². The monoisotopic (exact) mass is 489 g/mol. The van der Waals surface area contributed by atoms with Crippen LogP contribution in [0.2, 0.25) is 0 Å². The lowest BCUT2D eigenvalue weighted by atomic mass is 9.93. The van der Waals surface area contributed by atoms with E-state index in [2.05, 4.69) is 11.7 Å². The highest BCUT2D eigenvalue weighted by molar-refractivity contribution is 5.71. The molecular formula is C20H17F10N3. The van der Waals surface area contributed by atoms with Crippen LogP contribution in [0.3, 0.4) is 0 Å². The van der Waals surface area contributed by atoms with Gasteiger partial charge in [0.15, 0.2) is 0 Å². The standard InChI is InChI=1S/C20H17F10N3/c1-11-7-12(3-5-14(11)31)9-33(10-17(21,22)23)16-8-13(4-6-15(16)32-2)18(24,19(25,26)27)20(28,29)30/h3-8H,2,9-10,31H2,1H3. The molecule has 0 bridgehead atoms. The minimum atomic E-state index is -6.44. The molecule has 0 spiro atoms. The van der Waals surface area contributed by atoms with Gasteiger partial charge in [-0.3, -0.25) is 4.99 Å². The summed E-state index contributed by atoms with van der Waals surface area (Å²) in [5, 5.41) is 0. The van der Waals surface area contributed by atoms with Crippen molar-refractivity contribution >= 4 is 23.8 Å². The average Bonchev–Trinajstić information content (AvgIpc) is 2.66. The van der Waals surface area contributed by atoms with Crippen molar-refractivity contribution in [3.63, 3.8) is 0 Å². The number of alkyl halides is 10. The van der Waals surface area contributed by atoms with E-state index in [4.69, 9.17) is 5.73 Å². The van der Waals surface area contributed by atoms with Crippen molar-refractivity contribution in [3.8, 4) is 0 Å². The summed E-state index contributed by atoms with van der Waals surface area (Å²) in [5.41, 5.74) is -2.39. The van der Waals surface area contributed by atoms with Gasteiger partial charge in [-0.15, -0.1) is 0 Å². The van der Waals surface area contributed by atoms with Crippen molar-refractivity contribution in [2.24, 2.45) is 4.99 Å². The summed E-state index contributed by atoms with van der Waals surface area (Å²) in [6, 6.07) is 4.87. The third-order valence-electron chi connectivity index (χ3n) is 4.74. The van der Waals surface area contributed by atoms with Gasteiger partial charge in [-0.25, -0.2) is 4.39 Å². The van der Waals surface area contributed by atoms with Gasteiger partial charge in [0.2, 0.25) is 0 Å². The maximum absolute atomic E-state index is 14.5. The minimum absolute atomic E-state index is 0.0564. The second-order valence-electron chi connectivity index (χ2n) is 7.18. The van der Waals surface area contributed by atoms with Gasteiger partial charge < -0.3 is 10.6 Å². The van der Waals surface area contributed by atoms with E-state index in [1.165, 1.54) is 18.2 Å². The lowest BCUT2D eigenvalue weighted by Gasteiger charge is -2.32. The van der Waals surface area contributed by atoms with Crippen molar-refractivity contribution in [3.05, 3.63) is 53.1 Å². The van der Waals surface area contributed by atoms with Gasteiger partial charge in [0.05, 0.1) is 11.4 Å². The molecule has 0 atom stereocenters. The summed E-state index contributed by atoms with van der Waals surface area (Å²) in [6.07, 6.45) is -17.8. The number of aliphatic imine (C=N–C) groups is 1. The molecule has 13 heteroatoms. The number of nitrogens with zero attached hydrogens (tertiary/aromatic N) is 2. The molecule has 0 aliphatic carbocycles. The van der Waals surface area contributed by atoms with Crippen LogP contribution in [0.1, 0.15) is 16.7 Å². The summed E-state index contributed by atoms with van der Waals surface area (Å²) in [5.74, 6) is 0. The van der Waals surface area contributed by atoms with Crippen LogP contribution in [0, 0.1) is 6.92 Å². The Kier molecular flexibility index (Phi) is 6.96. The van der Waals surface area contributed by atoms with E-state index < -0.39 is 54.2 Å². The number of nitrogen functional groups attached to an aromatic ring is 1. The summed E-state index contributed by atoms with van der Waals surface area (Å²) < 4.78 is 133. The van der Waals surface area contributed by atoms with Gasteiger partial charge in [0.1, 0.15) is 6.54 Å². The average molecular weight is 489 g/mol. The fourth-order valence-electron chi connectivity index (χ4n) is 3.11. The quantitative estimate of drug-likeness (QED) is 0.277. The van der Waals surface area contributed by atoms with E-state index >= 15 is 0 Å². The third-order valence-corrected chi connectivity index (χ3v) is 4.74. The maximum Gasteiger partial charge on any atom is 0.435 e. The Morgan fingerprint density at radius 3 is 1.91 bits per heavy atom. The predicted octanol–water partition coefficient (Wildman–Crippen LogP) is 6.77. The molecule has 0 aliphatic rings. The molecule has 0 saturated heterocycles. The highest BCUT2D eigenvalue weighted by Crippen LogP contribution is 2.54. The molecule has 0 aliphatic heterocycles. The van der Waals surface area contributed by atoms with E-state index in [1.807, 2.05) is 0 Å². The molecule has 0 radical (unpaired) electrons. The third kappa shape index (κ3) is 5.50. The van der Waals surface area contributed by atoms with E-state index in [0.717, 1.165) is 0 Å². The lowest BCUT2D eigenvalue weighted by Crippen LogP contribution is -2.50. The predicted molar refractivity (Wildman–Crippen MR) is 103 cm³/mol. The fourth-order valence-corrected chi connectivity index (χ4v) is 3.11. The Morgan fingerprint density at radius 1 is 0.879 bits per heavy atom. The number of benzene rings is 2. The Bertz CT molecular complexity index is 995. The number of aryl methyl sites for hydroxylation is 1. The largest absolute Gasteiger partial charge is 0.435 e. The summed E-state index contributed by atoms with van der Waals surface area (Å²) in [7, 11) is 0. The van der Waals surface area contributed by atoms with Gasteiger partial charge in [0.25, 0.3) is 0 Å². The van der Waals surface area contributed by atoms with Crippen LogP contribution in [0.5, 0.6) is 0 Å². The first-order valence-corrected chi connectivity index (χ1v) is 9.01. The van der Waals surface area contributed by atoms with Crippen LogP contribution in [0.25, 0.3) is 0 Å². The Hall–Kier alpha value is -2.99. The molecule has 0 heterocycles. The molecule has 0 fully saturated rings. The van der Waals surface area contributed by atoms with Crippen LogP contribution >= 0.6 is 0 Å². The SMILES string of the molecule is C=Nc1ccc(C(F)(C(F)(F)F)C(F)(F)F)cc1N(Cc1ccc(N)c(C)c1)CC(F)(F)F. The molecule has 2 rings (SSSR count). The molecule has 182 valence electrons. The first kappa shape index (κ1) is 26.3. The lowest BCUT2D eigenvalue weighted by molar-refractivity contribution is -0.348. The normalized spacial score (nSPS) is 13.2. The second kappa shape index (κ2) is 8.75. The Balaban J connectivity index is 2.71. The topological polar surface area (TPSA) is 41.6 Å². The fraction of sp³-hybridized carbons (Fsp3) is 0.350. The van der Waals surface area contributed by atoms with E-state index in [-0.39, 0.29) is 17.7 Å². The number of hydrogen-bond donors (Lipinski definition) is 1. The molecule has 33 heavy (non-hydrogen) atoms. The van der Waals surface area contributed by atoms with E-state index in [1.54, 1.807) is 6.92 Å². The number of anilines is 2. The van der Waals surface area contributed by atoms with Crippen molar-refractivity contribution < 1.29 is 43.9 Å². The minimum Gasteiger partial charge on any atom is -0.399 e. The van der Waals surface area contributed by atoms with Crippen LogP contribution in [0.15, 0.2) is 41.4 Å². The van der Waals surface area contributed by atoms with Crippen molar-refractivity contribution in [1.29, 1.82) is 0 Å². The van der Waals surface area contributed by atoms with Gasteiger partial charge in [0, 0.05) is 17.8 Å². The van der Waals surface area contributed by atoms with Gasteiger partial charge >= 0.3 is 24.2 Å². The molecule has 2 N–H and O–H groups in total. The molecule has 3 nitrogen and oxygen atoms in total. The highest BCUT2D eigenvalue weighted by Gasteiger charge is 2.73. The van der Waals surface area contributed by atoms with Crippen molar-refractivity contribution in [2.75, 3.05) is 17.2 Å². The maximum atomic E-state index is 14.5. The highest BCUT2D eigenvalue weighted by atomic mass is 19.4. The zero-order valence-corrected chi connectivity index (χ0v) is 16.8. The summed E-state index contributed by atoms with van der Waals surface area (Å²) in [6.45, 7) is 2.24. The second-order valence-corrected chi connectivity index (χ2v) is 7.18. The van der Waals surface area contributed by atoms with Gasteiger partial charge in [-0.1, -0.05) is 18.2 Å². The Morgan fingerprint density at radius 2 is 1.45 bits per heavy atom. The van der Waals surface area contributed by atoms with Crippen LogP contribution in [-0.4, -0.2) is 31.8 Å². The summed E-state index contributed by atoms with van der Waals surface area (Å²) >= 11 is 0. The van der Waals surface area contributed by atoms with E-state index in [9.17, 15) is 43.9 Å². The summed E-state index contributed by atoms with van der Waals surface area (Å²) in [4.78, 5) is 3.81. The molecule has 0 saturated carbocycles. The molecule has 0 unspecified atom stereocenters. The van der Waals surface area contributed by atoms with Crippen LogP contribution in [0.4, 0.5) is 61.0 Å². The number of rotatable bonds is 6. The first-order valence-electron chi connectivity index (χ1n) is 9.01. The zero-order chi connectivity index (χ0) is 25.4. The Labute approximate surface area is 181 Å².